The maximum atomic E-state index is 11.8. The summed E-state index contributed by atoms with van der Waals surface area (Å²) < 4.78 is 5.08. The molecule has 2 aromatic carbocycles. The predicted molar refractivity (Wildman–Crippen MR) is 69.7 cm³/mol. The summed E-state index contributed by atoms with van der Waals surface area (Å²) in [5, 5.41) is 18.6. The second-order valence-electron chi connectivity index (χ2n) is 4.22. The van der Waals surface area contributed by atoms with Crippen molar-refractivity contribution in [3.8, 4) is 17.2 Å². The molecule has 0 fully saturated rings. The minimum atomic E-state index is -0.450. The van der Waals surface area contributed by atoms with Gasteiger partial charge in [0.2, 0.25) is 0 Å². The van der Waals surface area contributed by atoms with Crippen molar-refractivity contribution in [1.82, 2.24) is 0 Å². The minimum Gasteiger partial charge on any atom is -0.508 e. The fourth-order valence-electron chi connectivity index (χ4n) is 1.96. The summed E-state index contributed by atoms with van der Waals surface area (Å²) in [4.78, 5) is 11.8. The molecular formula is C15H10O4. The van der Waals surface area contributed by atoms with Gasteiger partial charge < -0.3 is 14.9 Å². The summed E-state index contributed by atoms with van der Waals surface area (Å²) in [5.74, 6) is 0.127. The number of fused-ring (bicyclic) bond motifs is 1. The first kappa shape index (κ1) is 11.3. The molecular weight excluding hydrogens is 244 g/mol. The molecule has 0 aromatic heterocycles. The lowest BCUT2D eigenvalue weighted by atomic mass is 10.0. The van der Waals surface area contributed by atoms with E-state index in [0.29, 0.717) is 16.9 Å². The van der Waals surface area contributed by atoms with Gasteiger partial charge in [0.25, 0.3) is 0 Å². The van der Waals surface area contributed by atoms with Gasteiger partial charge in [-0.05, 0) is 35.9 Å². The Hall–Kier alpha value is -2.75. The third-order valence-corrected chi connectivity index (χ3v) is 2.88. The summed E-state index contributed by atoms with van der Waals surface area (Å²) in [6.45, 7) is 0. The second kappa shape index (κ2) is 4.17. The highest BCUT2D eigenvalue weighted by Crippen LogP contribution is 2.37. The molecule has 4 nitrogen and oxygen atoms in total. The number of rotatable bonds is 1. The number of carbonyl (C=O) groups is 1. The van der Waals surface area contributed by atoms with Gasteiger partial charge in [-0.1, -0.05) is 12.1 Å². The molecule has 2 aromatic rings. The van der Waals surface area contributed by atoms with Crippen LogP contribution in [-0.2, 0) is 4.79 Å². The molecule has 0 atom stereocenters. The van der Waals surface area contributed by atoms with Crippen molar-refractivity contribution >= 4 is 17.6 Å². The molecule has 94 valence electrons. The van der Waals surface area contributed by atoms with Crippen LogP contribution in [0, 0.1) is 0 Å². The van der Waals surface area contributed by atoms with Crippen LogP contribution in [0.3, 0.4) is 0 Å². The van der Waals surface area contributed by atoms with Crippen molar-refractivity contribution < 1.29 is 19.7 Å². The summed E-state index contributed by atoms with van der Waals surface area (Å²) >= 11 is 0. The zero-order valence-electron chi connectivity index (χ0n) is 9.83. The largest absolute Gasteiger partial charge is 0.508 e. The van der Waals surface area contributed by atoms with Gasteiger partial charge in [-0.3, -0.25) is 0 Å². The Labute approximate surface area is 109 Å². The van der Waals surface area contributed by atoms with E-state index in [1.165, 1.54) is 12.1 Å². The first-order valence-electron chi connectivity index (χ1n) is 5.70. The summed E-state index contributed by atoms with van der Waals surface area (Å²) in [6.07, 6.45) is 1.69. The molecule has 0 spiro atoms. The van der Waals surface area contributed by atoms with Crippen molar-refractivity contribution in [1.29, 1.82) is 0 Å². The van der Waals surface area contributed by atoms with Gasteiger partial charge in [-0.25, -0.2) is 4.79 Å². The summed E-state index contributed by atoms with van der Waals surface area (Å²) in [7, 11) is 0. The van der Waals surface area contributed by atoms with Crippen molar-refractivity contribution in [2.45, 2.75) is 0 Å². The van der Waals surface area contributed by atoms with Gasteiger partial charge in [0, 0.05) is 11.6 Å². The lowest BCUT2D eigenvalue weighted by Crippen LogP contribution is -2.00. The molecule has 1 aliphatic rings. The first-order valence-corrected chi connectivity index (χ1v) is 5.70. The molecule has 0 bridgehead atoms. The van der Waals surface area contributed by atoms with Gasteiger partial charge in [0.1, 0.15) is 17.2 Å². The maximum Gasteiger partial charge on any atom is 0.344 e. The van der Waals surface area contributed by atoms with Gasteiger partial charge >= 0.3 is 5.97 Å². The molecule has 0 amide bonds. The van der Waals surface area contributed by atoms with E-state index in [9.17, 15) is 15.0 Å². The SMILES string of the molecule is O=C1Oc2cc(O)ccc2/C1=C/c1ccc(O)cc1. The summed E-state index contributed by atoms with van der Waals surface area (Å²) in [5.41, 5.74) is 1.86. The van der Waals surface area contributed by atoms with E-state index in [-0.39, 0.29) is 11.5 Å². The van der Waals surface area contributed by atoms with Crippen LogP contribution in [0.15, 0.2) is 42.5 Å². The quantitative estimate of drug-likeness (QED) is 0.466. The second-order valence-corrected chi connectivity index (χ2v) is 4.22. The first-order chi connectivity index (χ1) is 9.13. The number of ether oxygens (including phenoxy) is 1. The lowest BCUT2D eigenvalue weighted by molar-refractivity contribution is -0.126. The number of aromatic hydroxyl groups is 2. The van der Waals surface area contributed by atoms with Crippen LogP contribution >= 0.6 is 0 Å². The predicted octanol–water partition coefficient (Wildman–Crippen LogP) is 2.56. The third-order valence-electron chi connectivity index (χ3n) is 2.88. The minimum absolute atomic E-state index is 0.0532. The zero-order chi connectivity index (χ0) is 13.4. The van der Waals surface area contributed by atoms with Gasteiger partial charge in [0.15, 0.2) is 0 Å². The van der Waals surface area contributed by atoms with E-state index >= 15 is 0 Å². The normalized spacial score (nSPS) is 15.4. The Morgan fingerprint density at radius 3 is 2.37 bits per heavy atom. The highest BCUT2D eigenvalue weighted by atomic mass is 16.5. The topological polar surface area (TPSA) is 66.8 Å². The van der Waals surface area contributed by atoms with E-state index in [1.54, 1.807) is 36.4 Å². The van der Waals surface area contributed by atoms with Crippen LogP contribution in [0.2, 0.25) is 0 Å². The van der Waals surface area contributed by atoms with Crippen molar-refractivity contribution in [2.24, 2.45) is 0 Å². The number of phenols is 2. The fraction of sp³-hybridized carbons (Fsp3) is 0. The molecule has 1 aliphatic heterocycles. The Kier molecular flexibility index (Phi) is 2.49. The van der Waals surface area contributed by atoms with E-state index in [0.717, 1.165) is 5.56 Å². The Bertz CT molecular complexity index is 684. The average Bonchev–Trinajstić information content (AvgIpc) is 2.68. The standard InChI is InChI=1S/C15H10O4/c16-10-3-1-9(2-4-10)7-13-12-6-5-11(17)8-14(12)19-15(13)18/h1-8,16-17H/b13-7-. The molecule has 2 N–H and O–H groups in total. The Morgan fingerprint density at radius 1 is 0.947 bits per heavy atom. The lowest BCUT2D eigenvalue weighted by Gasteiger charge is -1.98. The van der Waals surface area contributed by atoms with Crippen molar-refractivity contribution in [2.75, 3.05) is 0 Å². The third kappa shape index (κ3) is 2.04. The van der Waals surface area contributed by atoms with Crippen LogP contribution in [0.25, 0.3) is 11.6 Å². The van der Waals surface area contributed by atoms with Crippen LogP contribution in [0.5, 0.6) is 17.2 Å². The molecule has 0 saturated heterocycles. The molecule has 0 unspecified atom stereocenters. The number of carbonyl (C=O) groups excluding carboxylic acids is 1. The Balaban J connectivity index is 2.06. The molecule has 0 saturated carbocycles. The monoisotopic (exact) mass is 254 g/mol. The fourth-order valence-corrected chi connectivity index (χ4v) is 1.96. The maximum absolute atomic E-state index is 11.8. The molecule has 4 heteroatoms. The van der Waals surface area contributed by atoms with E-state index < -0.39 is 5.97 Å². The van der Waals surface area contributed by atoms with Gasteiger partial charge in [-0.15, -0.1) is 0 Å². The molecule has 19 heavy (non-hydrogen) atoms. The Morgan fingerprint density at radius 2 is 1.63 bits per heavy atom. The molecule has 3 rings (SSSR count). The molecule has 1 heterocycles. The highest BCUT2D eigenvalue weighted by Gasteiger charge is 2.26. The number of phenolic OH excluding ortho intramolecular Hbond substituents is 2. The highest BCUT2D eigenvalue weighted by molar-refractivity contribution is 6.26. The number of hydrogen-bond acceptors (Lipinski definition) is 4. The van der Waals surface area contributed by atoms with Crippen LogP contribution in [0.4, 0.5) is 0 Å². The van der Waals surface area contributed by atoms with Crippen LogP contribution in [-0.4, -0.2) is 16.2 Å². The number of hydrogen-bond donors (Lipinski definition) is 2. The summed E-state index contributed by atoms with van der Waals surface area (Å²) in [6, 6.07) is 11.1. The van der Waals surface area contributed by atoms with Crippen molar-refractivity contribution in [3.05, 3.63) is 53.6 Å². The molecule has 0 radical (unpaired) electrons. The van der Waals surface area contributed by atoms with Crippen LogP contribution in [0.1, 0.15) is 11.1 Å². The van der Waals surface area contributed by atoms with Crippen LogP contribution < -0.4 is 4.74 Å². The van der Waals surface area contributed by atoms with E-state index in [2.05, 4.69) is 0 Å². The average molecular weight is 254 g/mol. The van der Waals surface area contributed by atoms with E-state index in [1.807, 2.05) is 0 Å². The zero-order valence-corrected chi connectivity index (χ0v) is 9.83. The van der Waals surface area contributed by atoms with Gasteiger partial charge in [-0.2, -0.15) is 0 Å². The van der Waals surface area contributed by atoms with E-state index in [4.69, 9.17) is 4.74 Å². The molecule has 0 aliphatic carbocycles. The van der Waals surface area contributed by atoms with Gasteiger partial charge in [0.05, 0.1) is 5.57 Å². The van der Waals surface area contributed by atoms with Crippen molar-refractivity contribution in [3.63, 3.8) is 0 Å². The smallest absolute Gasteiger partial charge is 0.344 e. The number of esters is 1. The number of benzene rings is 2.